The van der Waals surface area contributed by atoms with E-state index in [-0.39, 0.29) is 56.0 Å². The number of thiazole rings is 2. The van der Waals surface area contributed by atoms with E-state index in [1.807, 2.05) is 129 Å². The zero-order valence-corrected chi connectivity index (χ0v) is 59.4. The molecule has 99 heavy (non-hydrogen) atoms. The molecule has 8 N–H and O–H groups in total. The zero-order valence-electron chi connectivity index (χ0n) is 56.2. The van der Waals surface area contributed by atoms with Crippen molar-refractivity contribution in [3.8, 4) is 10.4 Å². The van der Waals surface area contributed by atoms with E-state index in [2.05, 4.69) is 42.0 Å². The maximum absolute atomic E-state index is 14.4. The second-order valence-corrected chi connectivity index (χ2v) is 34.6. The van der Waals surface area contributed by atoms with Crippen molar-refractivity contribution >= 4 is 110 Å². The van der Waals surface area contributed by atoms with Crippen LogP contribution in [0, 0.1) is 25.7 Å². The first-order chi connectivity index (χ1) is 47.2. The normalized spacial score (nSPS) is 28.7. The lowest BCUT2D eigenvalue weighted by atomic mass is 10.0. The van der Waals surface area contributed by atoms with Crippen molar-refractivity contribution in [2.75, 3.05) is 23.7 Å². The summed E-state index contributed by atoms with van der Waals surface area (Å²) in [6.45, 7) is 7.70. The Kier molecular flexibility index (Phi) is 20.7. The third-order valence-corrected chi connectivity index (χ3v) is 26.3. The van der Waals surface area contributed by atoms with Crippen LogP contribution < -0.4 is 40.6 Å². The molecule has 27 heteroatoms. The van der Waals surface area contributed by atoms with Crippen LogP contribution in [0.1, 0.15) is 141 Å². The smallest absolute Gasteiger partial charge is 0.330 e. The summed E-state index contributed by atoms with van der Waals surface area (Å²) in [4.78, 5) is 95.2. The van der Waals surface area contributed by atoms with Gasteiger partial charge in [-0.15, -0.1) is 0 Å². The quantitative estimate of drug-likeness (QED) is 0.0529. The minimum atomic E-state index is -3.92. The SMILES string of the molecule is CC1(S(N)(=O)=O)CC1.Cc1ccc2nc(O[C@@H]3C[C@H]4C(=O)N[C@]5(C(=O)NS(=O)(=O)C6(C)CC6)C[C@H]5/C=C\CCCCC[C@H](Nc5ccccc5)C(=O)N4C3)sc2c1.Cc1ccc2nc(O[C@@H]3C[C@H]4C(=O)N[C@]5(C(=O)O)C[C@H]5/C=C\CCCCC[C@H](Nc5ccccc5)C(=O)N4C3)sc2c1. The third-order valence-electron chi connectivity index (χ3n) is 20.5. The molecule has 8 aliphatic rings. The van der Waals surface area contributed by atoms with E-state index in [9.17, 15) is 50.7 Å². The van der Waals surface area contributed by atoms with E-state index in [1.165, 1.54) is 22.7 Å². The van der Waals surface area contributed by atoms with Gasteiger partial charge in [0.05, 0.1) is 43.0 Å². The van der Waals surface area contributed by atoms with E-state index in [1.54, 1.807) is 23.6 Å². The molecular weight excluding hydrogens is 1340 g/mol. The van der Waals surface area contributed by atoms with E-state index >= 15 is 0 Å². The zero-order chi connectivity index (χ0) is 70.1. The van der Waals surface area contributed by atoms with Crippen LogP contribution in [-0.4, -0.2) is 147 Å². The first-order valence-corrected chi connectivity index (χ1v) is 39.0. The molecule has 6 fully saturated rings. The van der Waals surface area contributed by atoms with Gasteiger partial charge in [-0.2, -0.15) is 0 Å². The molecule has 0 unspecified atom stereocenters. The number of carbonyl (C=O) groups is 6. The summed E-state index contributed by atoms with van der Waals surface area (Å²) in [6.07, 6.45) is 18.5. The average Bonchev–Trinajstić information content (AvgIpc) is 1.57. The molecule has 14 rings (SSSR count). The van der Waals surface area contributed by atoms with Crippen molar-refractivity contribution in [1.29, 1.82) is 0 Å². The number of sulfonamides is 2. The van der Waals surface area contributed by atoms with Crippen LogP contribution >= 0.6 is 22.7 Å². The fourth-order valence-corrected chi connectivity index (χ4v) is 17.4. The number of carbonyl (C=O) groups excluding carboxylic acids is 5. The molecule has 0 bridgehead atoms. The van der Waals surface area contributed by atoms with Gasteiger partial charge in [0.25, 0.3) is 16.3 Å². The lowest BCUT2D eigenvalue weighted by Crippen LogP contribution is -2.58. The Morgan fingerprint density at radius 3 is 1.46 bits per heavy atom. The topological polar surface area (TPSA) is 328 Å². The summed E-state index contributed by atoms with van der Waals surface area (Å²) in [6, 6.07) is 28.2. The molecule has 0 radical (unpaired) electrons. The van der Waals surface area contributed by atoms with E-state index in [4.69, 9.17) is 14.6 Å². The predicted molar refractivity (Wildman–Crippen MR) is 381 cm³/mol. The van der Waals surface area contributed by atoms with Gasteiger partial charge < -0.3 is 45.6 Å². The number of amides is 5. The van der Waals surface area contributed by atoms with E-state index in [0.29, 0.717) is 42.5 Å². The minimum Gasteiger partial charge on any atom is -0.479 e. The number of primary sulfonamides is 1. The molecule has 4 aliphatic heterocycles. The van der Waals surface area contributed by atoms with Crippen LogP contribution in [0.25, 0.3) is 20.4 Å². The molecule has 6 aromatic rings. The van der Waals surface area contributed by atoms with Gasteiger partial charge in [-0.1, -0.05) is 121 Å². The number of carboxylic acid groups (broad SMARTS) is 1. The van der Waals surface area contributed by atoms with Crippen molar-refractivity contribution in [3.63, 3.8) is 0 Å². The lowest BCUT2D eigenvalue weighted by molar-refractivity contribution is -0.145. The molecule has 6 heterocycles. The van der Waals surface area contributed by atoms with Crippen molar-refractivity contribution in [1.82, 2.24) is 35.1 Å². The Morgan fingerprint density at radius 1 is 0.606 bits per heavy atom. The summed E-state index contributed by atoms with van der Waals surface area (Å²) in [5, 5.41) is 28.5. The van der Waals surface area contributed by atoms with Gasteiger partial charge in [0, 0.05) is 36.1 Å². The molecule has 4 aliphatic carbocycles. The molecule has 5 amide bonds. The maximum Gasteiger partial charge on any atom is 0.330 e. The highest BCUT2D eigenvalue weighted by Crippen LogP contribution is 2.49. The second-order valence-electron chi connectivity index (χ2n) is 28.4. The van der Waals surface area contributed by atoms with Crippen molar-refractivity contribution < 1.29 is 60.2 Å². The van der Waals surface area contributed by atoms with Crippen molar-refractivity contribution in [3.05, 3.63) is 132 Å². The Labute approximate surface area is 585 Å². The number of ether oxygens (including phenoxy) is 2. The Bertz CT molecular complexity index is 4310. The fraction of sp³-hybridized carbons (Fsp3) is 0.500. The lowest BCUT2D eigenvalue weighted by Gasteiger charge is -2.30. The van der Waals surface area contributed by atoms with Gasteiger partial charge >= 0.3 is 5.97 Å². The number of nitrogens with one attached hydrogen (secondary N) is 5. The number of anilines is 2. The highest BCUT2D eigenvalue weighted by Gasteiger charge is 2.64. The van der Waals surface area contributed by atoms with Crippen LogP contribution in [-0.2, 0) is 48.8 Å². The van der Waals surface area contributed by atoms with Gasteiger partial charge in [-0.05, 0) is 164 Å². The van der Waals surface area contributed by atoms with Crippen LogP contribution in [0.5, 0.6) is 10.4 Å². The molecule has 4 saturated carbocycles. The maximum atomic E-state index is 14.4. The number of benzene rings is 4. The third kappa shape index (κ3) is 16.3. The van der Waals surface area contributed by atoms with Gasteiger partial charge in [-0.3, -0.25) is 28.7 Å². The minimum absolute atomic E-state index is 0.161. The van der Waals surface area contributed by atoms with Crippen LogP contribution in [0.4, 0.5) is 11.4 Å². The number of aryl methyl sites for hydroxylation is 2. The number of nitrogens with two attached hydrogens (primary N) is 1. The number of nitrogens with zero attached hydrogens (tertiary/aromatic N) is 4. The van der Waals surface area contributed by atoms with Crippen molar-refractivity contribution in [2.45, 2.75) is 200 Å². The monoisotopic (exact) mass is 1430 g/mol. The van der Waals surface area contributed by atoms with E-state index < -0.39 is 101 Å². The average molecular weight is 1430 g/mol. The van der Waals surface area contributed by atoms with Gasteiger partial charge in [0.2, 0.25) is 43.7 Å². The first kappa shape index (κ1) is 70.9. The number of carboxylic acids is 1. The highest BCUT2D eigenvalue weighted by molar-refractivity contribution is 7.91. The number of aromatic nitrogens is 2. The summed E-state index contributed by atoms with van der Waals surface area (Å²) in [7, 11) is -7.15. The summed E-state index contributed by atoms with van der Waals surface area (Å²) in [5.41, 5.74) is 2.77. The van der Waals surface area contributed by atoms with Crippen LogP contribution in [0.3, 0.4) is 0 Å². The number of allylic oxidation sites excluding steroid dienone is 2. The second kappa shape index (κ2) is 28.9. The molecule has 10 atom stereocenters. The fourth-order valence-electron chi connectivity index (χ4n) is 13.4. The summed E-state index contributed by atoms with van der Waals surface area (Å²) >= 11 is 2.86. The molecule has 23 nitrogen and oxygen atoms in total. The van der Waals surface area contributed by atoms with Crippen LogP contribution in [0.15, 0.2) is 121 Å². The molecular formula is C72H88N10O13S4. The Hall–Kier alpha value is -7.98. The number of hydrogen-bond donors (Lipinski definition) is 7. The molecule has 0 spiro atoms. The Balaban J connectivity index is 0.000000170. The molecule has 4 aromatic carbocycles. The summed E-state index contributed by atoms with van der Waals surface area (Å²) in [5.74, 6) is -3.78. The first-order valence-electron chi connectivity index (χ1n) is 34.4. The standard InChI is InChI=1S/C36H43N5O6S2.C32H36N4O5S.C4H9NO2S/c1-23-15-16-27-30(19-23)48-34(38-27)47-26-20-29-31(42)39-36(33(44)40-49(45,46)35(2)17-18-35)21-24(36)11-7-4-3-5-10-14-28(32(43)41(29)22-26)37-25-12-8-6-9-13-25;1-20-14-15-24-27(16-20)42-31(34-24)41-23-17-26-28(37)35-32(30(39)40)18-21(32)10-6-3-2-4-9-13-25(29(38)36(26)19-23)33-22-11-7-5-8-12-22;1-4(2-3-4)8(5,6)7/h6-9,11-13,15-16,19,24,26,28-29,37H,3-5,10,14,17-18,20-22H2,1-2H3,(H,39,42)(H,40,44);5-8,10-12,14-16,21,23,25-26,33H,2-4,9,13,17-19H2,1H3,(H,35,37)(H,39,40);2-3H2,1H3,(H2,5,6,7)/b11-7-;10-6-;/t24-,26-,28+,29+,36-;21-,23-,25+,26+,32-;/m11./s1. The highest BCUT2D eigenvalue weighted by atomic mass is 32.2. The predicted octanol–water partition coefficient (Wildman–Crippen LogP) is 9.57. The summed E-state index contributed by atoms with van der Waals surface area (Å²) < 4.78 is 62.5. The van der Waals surface area contributed by atoms with Crippen molar-refractivity contribution in [2.24, 2.45) is 17.0 Å². The van der Waals surface area contributed by atoms with E-state index in [0.717, 1.165) is 107 Å². The number of aliphatic carboxylic acids is 1. The number of para-hydroxylation sites is 2. The van der Waals surface area contributed by atoms with Gasteiger partial charge in [0.15, 0.2) is 0 Å². The largest absolute Gasteiger partial charge is 0.479 e. The molecule has 2 aromatic heterocycles. The number of fused-ring (bicyclic) bond motifs is 6. The number of rotatable bonds is 13. The number of hydrogen-bond acceptors (Lipinski definition) is 18. The Morgan fingerprint density at radius 2 is 1.04 bits per heavy atom. The van der Waals surface area contributed by atoms with Gasteiger partial charge in [-0.25, -0.2) is 36.7 Å². The van der Waals surface area contributed by atoms with Crippen LogP contribution in [0.2, 0.25) is 0 Å². The molecule has 2 saturated heterocycles. The molecule has 528 valence electrons. The van der Waals surface area contributed by atoms with Gasteiger partial charge in [0.1, 0.15) is 47.5 Å².